The number of halogens is 4. The summed E-state index contributed by atoms with van der Waals surface area (Å²) in [6.07, 6.45) is -7.75. The van der Waals surface area contributed by atoms with E-state index in [0.29, 0.717) is 6.07 Å². The molecule has 150 valence electrons. The molecule has 1 aromatic carbocycles. The SMILES string of the molecule is CNC(=O)C(OC(=O)c1cc(F)cc(C(F)(F)F)c1O)C1COC(C)(C)O1. The average Bonchev–Trinajstić information content (AvgIpc) is 2.92. The second-order valence-corrected chi connectivity index (χ2v) is 6.15. The molecular formula is C16H17F4NO6. The van der Waals surface area contributed by atoms with Crippen LogP contribution in [0.1, 0.15) is 29.8 Å². The zero-order valence-corrected chi connectivity index (χ0v) is 14.5. The Kier molecular flexibility index (Phi) is 5.66. The zero-order chi connectivity index (χ0) is 20.6. The third kappa shape index (κ3) is 4.66. The number of amides is 1. The van der Waals surface area contributed by atoms with Gasteiger partial charge in [-0.25, -0.2) is 9.18 Å². The Bertz CT molecular complexity index is 749. The molecule has 0 bridgehead atoms. The molecule has 11 heteroatoms. The molecule has 2 rings (SSSR count). The minimum atomic E-state index is -5.10. The van der Waals surface area contributed by atoms with Gasteiger partial charge in [0.25, 0.3) is 5.91 Å². The molecule has 2 unspecified atom stereocenters. The van der Waals surface area contributed by atoms with E-state index >= 15 is 0 Å². The molecular weight excluding hydrogens is 378 g/mol. The molecule has 0 aliphatic carbocycles. The topological polar surface area (TPSA) is 94.1 Å². The summed E-state index contributed by atoms with van der Waals surface area (Å²) in [4.78, 5) is 24.3. The Morgan fingerprint density at radius 3 is 2.48 bits per heavy atom. The van der Waals surface area contributed by atoms with Gasteiger partial charge in [0.1, 0.15) is 28.8 Å². The summed E-state index contributed by atoms with van der Waals surface area (Å²) in [5.41, 5.74) is -2.82. The van der Waals surface area contributed by atoms with Crippen molar-refractivity contribution in [2.45, 2.75) is 38.0 Å². The van der Waals surface area contributed by atoms with Crippen LogP contribution in [0.15, 0.2) is 12.1 Å². The van der Waals surface area contributed by atoms with Gasteiger partial charge in [-0.05, 0) is 26.0 Å². The highest BCUT2D eigenvalue weighted by atomic mass is 19.4. The van der Waals surface area contributed by atoms with Crippen molar-refractivity contribution in [3.05, 3.63) is 29.1 Å². The molecule has 27 heavy (non-hydrogen) atoms. The van der Waals surface area contributed by atoms with E-state index < -0.39 is 58.7 Å². The predicted octanol–water partition coefficient (Wildman–Crippen LogP) is 1.97. The van der Waals surface area contributed by atoms with E-state index in [4.69, 9.17) is 14.2 Å². The first-order valence-corrected chi connectivity index (χ1v) is 7.70. The molecule has 1 saturated heterocycles. The predicted molar refractivity (Wildman–Crippen MR) is 81.2 cm³/mol. The van der Waals surface area contributed by atoms with E-state index in [1.807, 2.05) is 0 Å². The van der Waals surface area contributed by atoms with Crippen molar-refractivity contribution in [3.8, 4) is 5.75 Å². The summed E-state index contributed by atoms with van der Waals surface area (Å²) in [7, 11) is 1.24. The Morgan fingerprint density at radius 1 is 1.37 bits per heavy atom. The van der Waals surface area contributed by atoms with Crippen LogP contribution >= 0.6 is 0 Å². The molecule has 2 N–H and O–H groups in total. The molecule has 0 saturated carbocycles. The summed E-state index contributed by atoms with van der Waals surface area (Å²) in [5, 5.41) is 12.0. The lowest BCUT2D eigenvalue weighted by Crippen LogP contribution is -2.45. The van der Waals surface area contributed by atoms with Crippen LogP contribution < -0.4 is 5.32 Å². The molecule has 1 heterocycles. The maximum absolute atomic E-state index is 13.5. The van der Waals surface area contributed by atoms with E-state index in [0.717, 1.165) is 0 Å². The first-order valence-electron chi connectivity index (χ1n) is 7.70. The lowest BCUT2D eigenvalue weighted by Gasteiger charge is -2.23. The number of carbonyl (C=O) groups is 2. The van der Waals surface area contributed by atoms with Crippen molar-refractivity contribution < 1.29 is 46.5 Å². The maximum atomic E-state index is 13.5. The van der Waals surface area contributed by atoms with Crippen LogP contribution in [0.2, 0.25) is 0 Å². The van der Waals surface area contributed by atoms with E-state index in [-0.39, 0.29) is 12.7 Å². The largest absolute Gasteiger partial charge is 0.506 e. The van der Waals surface area contributed by atoms with Gasteiger partial charge in [-0.2, -0.15) is 13.2 Å². The van der Waals surface area contributed by atoms with Gasteiger partial charge in [-0.15, -0.1) is 0 Å². The fraction of sp³-hybridized carbons (Fsp3) is 0.500. The van der Waals surface area contributed by atoms with Crippen molar-refractivity contribution >= 4 is 11.9 Å². The highest BCUT2D eigenvalue weighted by molar-refractivity contribution is 5.95. The Balaban J connectivity index is 2.33. The van der Waals surface area contributed by atoms with Gasteiger partial charge >= 0.3 is 12.1 Å². The lowest BCUT2D eigenvalue weighted by atomic mass is 10.1. The smallest absolute Gasteiger partial charge is 0.420 e. The molecule has 1 fully saturated rings. The molecule has 0 aromatic heterocycles. The molecule has 0 spiro atoms. The van der Waals surface area contributed by atoms with Gasteiger partial charge in [0.2, 0.25) is 6.10 Å². The quantitative estimate of drug-likeness (QED) is 0.598. The molecule has 1 aliphatic heterocycles. The van der Waals surface area contributed by atoms with Crippen LogP contribution in [0.5, 0.6) is 5.75 Å². The van der Waals surface area contributed by atoms with Crippen LogP contribution in [-0.2, 0) is 25.2 Å². The van der Waals surface area contributed by atoms with E-state index in [2.05, 4.69) is 5.32 Å². The van der Waals surface area contributed by atoms with Gasteiger partial charge in [-0.3, -0.25) is 4.79 Å². The average molecular weight is 395 g/mol. The molecule has 0 radical (unpaired) electrons. The molecule has 2 atom stereocenters. The monoisotopic (exact) mass is 395 g/mol. The summed E-state index contributed by atoms with van der Waals surface area (Å²) in [5.74, 6) is -6.34. The number of hydrogen-bond acceptors (Lipinski definition) is 6. The van der Waals surface area contributed by atoms with Crippen LogP contribution in [-0.4, -0.2) is 48.6 Å². The number of carbonyl (C=O) groups excluding carboxylic acids is 2. The number of ether oxygens (including phenoxy) is 3. The lowest BCUT2D eigenvalue weighted by molar-refractivity contribution is -0.159. The van der Waals surface area contributed by atoms with E-state index in [9.17, 15) is 32.3 Å². The molecule has 1 aromatic rings. The highest BCUT2D eigenvalue weighted by Crippen LogP contribution is 2.38. The van der Waals surface area contributed by atoms with E-state index in [1.165, 1.54) is 7.05 Å². The number of benzene rings is 1. The summed E-state index contributed by atoms with van der Waals surface area (Å²) in [6, 6.07) is 0.419. The van der Waals surface area contributed by atoms with Crippen LogP contribution in [0, 0.1) is 5.82 Å². The Hall–Kier alpha value is -2.40. The zero-order valence-electron chi connectivity index (χ0n) is 14.5. The molecule has 1 amide bonds. The van der Waals surface area contributed by atoms with Gasteiger partial charge in [-0.1, -0.05) is 0 Å². The number of rotatable bonds is 4. The molecule has 7 nitrogen and oxygen atoms in total. The maximum Gasteiger partial charge on any atom is 0.420 e. The standard InChI is InChI=1S/C16H17F4NO6/c1-15(2)25-6-10(27-15)12(13(23)21-3)26-14(24)8-4-7(17)5-9(11(8)22)16(18,19)20/h4-5,10,12,22H,6H2,1-3H3,(H,21,23). The minimum Gasteiger partial charge on any atom is -0.506 e. The van der Waals surface area contributed by atoms with Crippen molar-refractivity contribution in [3.63, 3.8) is 0 Å². The van der Waals surface area contributed by atoms with Gasteiger partial charge in [0.05, 0.1) is 6.61 Å². The Labute approximate surface area is 151 Å². The fourth-order valence-electron chi connectivity index (χ4n) is 2.45. The third-order valence-electron chi connectivity index (χ3n) is 3.71. The third-order valence-corrected chi connectivity index (χ3v) is 3.71. The number of aromatic hydroxyl groups is 1. The number of phenols is 1. The van der Waals surface area contributed by atoms with Crippen molar-refractivity contribution in [1.29, 1.82) is 0 Å². The second kappa shape index (κ2) is 7.31. The summed E-state index contributed by atoms with van der Waals surface area (Å²) >= 11 is 0. The van der Waals surface area contributed by atoms with Crippen molar-refractivity contribution in [1.82, 2.24) is 5.32 Å². The number of likely N-dealkylation sites (N-methyl/N-ethyl adjacent to an activating group) is 1. The first kappa shape index (κ1) is 20.9. The van der Waals surface area contributed by atoms with E-state index in [1.54, 1.807) is 13.8 Å². The second-order valence-electron chi connectivity index (χ2n) is 6.15. The Morgan fingerprint density at radius 2 is 2.00 bits per heavy atom. The molecule has 1 aliphatic rings. The number of nitrogens with one attached hydrogen (secondary N) is 1. The van der Waals surface area contributed by atoms with Gasteiger partial charge in [0, 0.05) is 7.05 Å². The van der Waals surface area contributed by atoms with Crippen molar-refractivity contribution in [2.75, 3.05) is 13.7 Å². The normalized spacial score (nSPS) is 20.2. The highest BCUT2D eigenvalue weighted by Gasteiger charge is 2.43. The number of phenolic OH excluding ortho intramolecular Hbond substituents is 1. The summed E-state index contributed by atoms with van der Waals surface area (Å²) < 4.78 is 67.7. The van der Waals surface area contributed by atoms with Crippen LogP contribution in [0.25, 0.3) is 0 Å². The van der Waals surface area contributed by atoms with Gasteiger partial charge in [0.15, 0.2) is 5.79 Å². The number of esters is 1. The van der Waals surface area contributed by atoms with Crippen LogP contribution in [0.4, 0.5) is 17.6 Å². The van der Waals surface area contributed by atoms with Crippen LogP contribution in [0.3, 0.4) is 0 Å². The summed E-state index contributed by atoms with van der Waals surface area (Å²) in [6.45, 7) is 2.95. The minimum absolute atomic E-state index is 0.0405. The first-order chi connectivity index (χ1) is 12.4. The number of alkyl halides is 3. The number of hydrogen-bond donors (Lipinski definition) is 2. The van der Waals surface area contributed by atoms with Gasteiger partial charge < -0.3 is 24.6 Å². The fourth-order valence-corrected chi connectivity index (χ4v) is 2.45. The van der Waals surface area contributed by atoms with Crippen molar-refractivity contribution in [2.24, 2.45) is 0 Å².